The van der Waals surface area contributed by atoms with E-state index in [-0.39, 0.29) is 5.41 Å². The molecule has 21 heavy (non-hydrogen) atoms. The van der Waals surface area contributed by atoms with Gasteiger partial charge in [-0.1, -0.05) is 13.0 Å². The van der Waals surface area contributed by atoms with Gasteiger partial charge in [0, 0.05) is 0 Å². The lowest BCUT2D eigenvalue weighted by Crippen LogP contribution is -2.48. The van der Waals surface area contributed by atoms with Crippen molar-refractivity contribution in [3.8, 4) is 0 Å². The minimum absolute atomic E-state index is 0.132. The summed E-state index contributed by atoms with van der Waals surface area (Å²) < 4.78 is 0. The second-order valence-electron chi connectivity index (χ2n) is 7.12. The second-order valence-corrected chi connectivity index (χ2v) is 7.12. The van der Waals surface area contributed by atoms with Gasteiger partial charge >= 0.3 is 5.97 Å². The van der Waals surface area contributed by atoms with E-state index in [0.29, 0.717) is 11.5 Å². The van der Waals surface area contributed by atoms with Crippen LogP contribution in [0, 0.1) is 5.92 Å². The van der Waals surface area contributed by atoms with Gasteiger partial charge in [0.15, 0.2) is 0 Å². The highest BCUT2D eigenvalue weighted by atomic mass is 16.4. The van der Waals surface area contributed by atoms with Crippen molar-refractivity contribution in [3.05, 3.63) is 34.9 Å². The van der Waals surface area contributed by atoms with Gasteiger partial charge in [-0.2, -0.15) is 0 Å². The highest BCUT2D eigenvalue weighted by Crippen LogP contribution is 2.54. The van der Waals surface area contributed by atoms with Crippen molar-refractivity contribution in [3.63, 3.8) is 0 Å². The summed E-state index contributed by atoms with van der Waals surface area (Å²) in [5, 5.41) is 19.6. The summed E-state index contributed by atoms with van der Waals surface area (Å²) in [6, 6.07) is 5.64. The molecule has 1 aromatic rings. The molecule has 0 aliphatic heterocycles. The van der Waals surface area contributed by atoms with Crippen LogP contribution in [0.1, 0.15) is 67.4 Å². The summed E-state index contributed by atoms with van der Waals surface area (Å²) in [5.41, 5.74) is 2.52. The Morgan fingerprint density at radius 2 is 2.14 bits per heavy atom. The first-order valence-electron chi connectivity index (χ1n) is 7.97. The molecule has 2 aliphatic rings. The van der Waals surface area contributed by atoms with Crippen LogP contribution < -0.4 is 0 Å². The normalized spacial score (nSPS) is 34.9. The summed E-state index contributed by atoms with van der Waals surface area (Å²) >= 11 is 0. The Kier molecular flexibility index (Phi) is 3.36. The van der Waals surface area contributed by atoms with Crippen LogP contribution >= 0.6 is 0 Å². The molecule has 0 spiro atoms. The van der Waals surface area contributed by atoms with E-state index in [1.54, 1.807) is 6.07 Å². The molecule has 3 rings (SSSR count). The molecular formula is C18H24O3. The predicted molar refractivity (Wildman–Crippen MR) is 81.7 cm³/mol. The molecule has 3 atom stereocenters. The topological polar surface area (TPSA) is 57.5 Å². The van der Waals surface area contributed by atoms with Crippen molar-refractivity contribution < 1.29 is 15.0 Å². The zero-order valence-corrected chi connectivity index (χ0v) is 12.9. The van der Waals surface area contributed by atoms with Gasteiger partial charge in [-0.05, 0) is 80.0 Å². The standard InChI is InChI=1S/C18H24O3/c1-3-18-9-8-17(2,21)11-14(18)6-4-12-10-13(16(19)20)5-7-15(12)18/h5,7,10,14,21H,3-4,6,8-9,11H2,1-2H3,(H,19,20). The maximum Gasteiger partial charge on any atom is 0.335 e. The Labute approximate surface area is 126 Å². The molecule has 2 N–H and O–H groups in total. The molecule has 0 amide bonds. The molecule has 1 fully saturated rings. The van der Waals surface area contributed by atoms with E-state index >= 15 is 0 Å². The molecule has 0 saturated heterocycles. The third kappa shape index (κ3) is 2.28. The SMILES string of the molecule is CCC12CCC(C)(O)CC1CCc1cc(C(=O)O)ccc12. The first-order chi connectivity index (χ1) is 9.88. The number of aromatic carboxylic acids is 1. The molecule has 3 heteroatoms. The van der Waals surface area contributed by atoms with Gasteiger partial charge in [-0.15, -0.1) is 0 Å². The number of benzene rings is 1. The van der Waals surface area contributed by atoms with Crippen molar-refractivity contribution in [2.24, 2.45) is 5.92 Å². The van der Waals surface area contributed by atoms with Gasteiger partial charge in [0.05, 0.1) is 11.2 Å². The number of aryl methyl sites for hydroxylation is 1. The zero-order valence-electron chi connectivity index (χ0n) is 12.9. The number of hydrogen-bond donors (Lipinski definition) is 2. The van der Waals surface area contributed by atoms with Crippen molar-refractivity contribution >= 4 is 5.97 Å². The number of carboxylic acids is 1. The lowest BCUT2D eigenvalue weighted by Gasteiger charge is -2.52. The molecule has 0 bridgehead atoms. The van der Waals surface area contributed by atoms with E-state index in [4.69, 9.17) is 0 Å². The first kappa shape index (κ1) is 14.6. The number of carboxylic acid groups (broad SMARTS) is 1. The van der Waals surface area contributed by atoms with E-state index in [1.165, 1.54) is 11.1 Å². The molecule has 1 saturated carbocycles. The van der Waals surface area contributed by atoms with E-state index in [2.05, 4.69) is 6.92 Å². The summed E-state index contributed by atoms with van der Waals surface area (Å²) in [6.45, 7) is 4.18. The second kappa shape index (κ2) is 4.84. The summed E-state index contributed by atoms with van der Waals surface area (Å²) in [5.74, 6) is -0.341. The van der Waals surface area contributed by atoms with E-state index in [1.807, 2.05) is 19.1 Å². The first-order valence-corrected chi connectivity index (χ1v) is 7.97. The van der Waals surface area contributed by atoms with Crippen molar-refractivity contribution in [2.45, 2.75) is 63.4 Å². The monoisotopic (exact) mass is 288 g/mol. The predicted octanol–water partition coefficient (Wildman–Crippen LogP) is 3.53. The Balaban J connectivity index is 2.05. The molecule has 2 aliphatic carbocycles. The van der Waals surface area contributed by atoms with Crippen LogP contribution in [0.15, 0.2) is 18.2 Å². The zero-order chi connectivity index (χ0) is 15.3. The number of fused-ring (bicyclic) bond motifs is 3. The Bertz CT molecular complexity index is 576. The maximum absolute atomic E-state index is 11.2. The van der Waals surface area contributed by atoms with Gasteiger partial charge < -0.3 is 10.2 Å². The number of aliphatic hydroxyl groups is 1. The van der Waals surface area contributed by atoms with Crippen LogP contribution in [0.2, 0.25) is 0 Å². The van der Waals surface area contributed by atoms with Gasteiger partial charge in [-0.25, -0.2) is 4.79 Å². The van der Waals surface area contributed by atoms with Crippen LogP contribution in [-0.4, -0.2) is 21.8 Å². The Morgan fingerprint density at radius 3 is 2.81 bits per heavy atom. The quantitative estimate of drug-likeness (QED) is 0.875. The van der Waals surface area contributed by atoms with Crippen LogP contribution in [0.4, 0.5) is 0 Å². The minimum Gasteiger partial charge on any atom is -0.478 e. The smallest absolute Gasteiger partial charge is 0.335 e. The molecule has 3 unspecified atom stereocenters. The van der Waals surface area contributed by atoms with Gasteiger partial charge in [0.2, 0.25) is 0 Å². The van der Waals surface area contributed by atoms with Crippen LogP contribution in [0.3, 0.4) is 0 Å². The molecule has 0 heterocycles. The molecule has 0 aromatic heterocycles. The largest absolute Gasteiger partial charge is 0.478 e. The third-order valence-corrected chi connectivity index (χ3v) is 5.86. The van der Waals surface area contributed by atoms with Gasteiger partial charge in [0.1, 0.15) is 0 Å². The van der Waals surface area contributed by atoms with Gasteiger partial charge in [-0.3, -0.25) is 0 Å². The van der Waals surface area contributed by atoms with Crippen LogP contribution in [0.5, 0.6) is 0 Å². The molecule has 114 valence electrons. The fourth-order valence-corrected chi connectivity index (χ4v) is 4.66. The summed E-state index contributed by atoms with van der Waals surface area (Å²) in [4.78, 5) is 11.2. The fraction of sp³-hybridized carbons (Fsp3) is 0.611. The average Bonchev–Trinajstić information content (AvgIpc) is 2.45. The Morgan fingerprint density at radius 1 is 1.38 bits per heavy atom. The number of hydrogen-bond acceptors (Lipinski definition) is 2. The summed E-state index contributed by atoms with van der Waals surface area (Å²) in [7, 11) is 0. The van der Waals surface area contributed by atoms with E-state index < -0.39 is 11.6 Å². The number of rotatable bonds is 2. The highest BCUT2D eigenvalue weighted by molar-refractivity contribution is 5.88. The molecular weight excluding hydrogens is 264 g/mol. The summed E-state index contributed by atoms with van der Waals surface area (Å²) in [6.07, 6.45) is 5.74. The van der Waals surface area contributed by atoms with Gasteiger partial charge in [0.25, 0.3) is 0 Å². The Hall–Kier alpha value is -1.35. The van der Waals surface area contributed by atoms with Crippen molar-refractivity contribution in [1.82, 2.24) is 0 Å². The molecule has 3 nitrogen and oxygen atoms in total. The van der Waals surface area contributed by atoms with Crippen molar-refractivity contribution in [1.29, 1.82) is 0 Å². The number of carbonyl (C=O) groups is 1. The van der Waals surface area contributed by atoms with E-state index in [0.717, 1.165) is 38.5 Å². The minimum atomic E-state index is -0.850. The lowest BCUT2D eigenvalue weighted by atomic mass is 9.53. The average molecular weight is 288 g/mol. The highest BCUT2D eigenvalue weighted by Gasteiger charge is 2.49. The van der Waals surface area contributed by atoms with Crippen LogP contribution in [-0.2, 0) is 11.8 Å². The third-order valence-electron chi connectivity index (χ3n) is 5.86. The van der Waals surface area contributed by atoms with Crippen LogP contribution in [0.25, 0.3) is 0 Å². The maximum atomic E-state index is 11.2. The molecule has 0 radical (unpaired) electrons. The van der Waals surface area contributed by atoms with Crippen molar-refractivity contribution in [2.75, 3.05) is 0 Å². The lowest BCUT2D eigenvalue weighted by molar-refractivity contribution is -0.0376. The fourth-order valence-electron chi connectivity index (χ4n) is 4.66. The molecule has 1 aromatic carbocycles. The van der Waals surface area contributed by atoms with E-state index in [9.17, 15) is 15.0 Å².